The molecule has 7 nitrogen and oxygen atoms in total. The highest BCUT2D eigenvalue weighted by atomic mass is 32.2. The first-order valence-corrected chi connectivity index (χ1v) is 9.42. The number of ether oxygens (including phenoxy) is 2. The van der Waals surface area contributed by atoms with Crippen molar-refractivity contribution >= 4 is 15.9 Å². The molecule has 0 aliphatic carbocycles. The molecule has 1 N–H and O–H groups in total. The van der Waals surface area contributed by atoms with Crippen LogP contribution >= 0.6 is 0 Å². The SMILES string of the molecule is COc1cccc(OC)c1CNC(=O)CN(C)S(=O)(=O)c1ccc(F)cc1. The van der Waals surface area contributed by atoms with Gasteiger partial charge in [0.15, 0.2) is 0 Å². The van der Waals surface area contributed by atoms with Gasteiger partial charge in [-0.05, 0) is 36.4 Å². The van der Waals surface area contributed by atoms with E-state index in [-0.39, 0.29) is 11.4 Å². The standard InChI is InChI=1S/C18H21FN2O5S/c1-21(27(23,24)14-9-7-13(19)8-10-14)12-18(22)20-11-15-16(25-2)5-4-6-17(15)26-3/h4-10H,11-12H2,1-3H3,(H,20,22). The van der Waals surface area contributed by atoms with Crippen LogP contribution in [0.3, 0.4) is 0 Å². The molecule has 9 heteroatoms. The number of rotatable bonds is 8. The molecule has 146 valence electrons. The number of carbonyl (C=O) groups excluding carboxylic acids is 1. The Labute approximate surface area is 157 Å². The molecule has 2 rings (SSSR count). The second-order valence-electron chi connectivity index (χ2n) is 5.63. The molecule has 0 bridgehead atoms. The van der Waals surface area contributed by atoms with Crippen LogP contribution in [0.1, 0.15) is 5.56 Å². The van der Waals surface area contributed by atoms with Crippen molar-refractivity contribution in [3.05, 3.63) is 53.8 Å². The maximum Gasteiger partial charge on any atom is 0.243 e. The molecule has 0 spiro atoms. The van der Waals surface area contributed by atoms with Crippen molar-refractivity contribution in [3.63, 3.8) is 0 Å². The predicted molar refractivity (Wildman–Crippen MR) is 97.6 cm³/mol. The predicted octanol–water partition coefficient (Wildman–Crippen LogP) is 1.78. The number of sulfonamides is 1. The Balaban J connectivity index is 2.05. The van der Waals surface area contributed by atoms with Gasteiger partial charge in [0.1, 0.15) is 17.3 Å². The summed E-state index contributed by atoms with van der Waals surface area (Å²) in [7, 11) is 0.383. The molecule has 0 unspecified atom stereocenters. The first-order valence-electron chi connectivity index (χ1n) is 7.98. The third-order valence-corrected chi connectivity index (χ3v) is 5.70. The van der Waals surface area contributed by atoms with E-state index in [0.717, 1.165) is 28.6 Å². The molecule has 0 radical (unpaired) electrons. The number of hydrogen-bond donors (Lipinski definition) is 1. The summed E-state index contributed by atoms with van der Waals surface area (Å²) in [6, 6.07) is 9.62. The minimum absolute atomic E-state index is 0.0920. The molecule has 2 aromatic rings. The monoisotopic (exact) mass is 396 g/mol. The first-order chi connectivity index (χ1) is 12.8. The van der Waals surface area contributed by atoms with E-state index < -0.39 is 28.3 Å². The minimum Gasteiger partial charge on any atom is -0.496 e. The molecule has 0 aromatic heterocycles. The fourth-order valence-corrected chi connectivity index (χ4v) is 3.55. The van der Waals surface area contributed by atoms with Crippen molar-refractivity contribution in [2.24, 2.45) is 0 Å². The first kappa shape index (κ1) is 20.7. The zero-order valence-electron chi connectivity index (χ0n) is 15.2. The van der Waals surface area contributed by atoms with E-state index in [1.54, 1.807) is 18.2 Å². The third-order valence-electron chi connectivity index (χ3n) is 3.88. The maximum absolute atomic E-state index is 13.0. The van der Waals surface area contributed by atoms with E-state index in [0.29, 0.717) is 17.1 Å². The molecular formula is C18H21FN2O5S. The smallest absolute Gasteiger partial charge is 0.243 e. The molecule has 0 saturated carbocycles. The van der Waals surface area contributed by atoms with Crippen molar-refractivity contribution in [1.82, 2.24) is 9.62 Å². The number of carbonyl (C=O) groups is 1. The number of nitrogens with one attached hydrogen (secondary N) is 1. The zero-order chi connectivity index (χ0) is 20.0. The summed E-state index contributed by atoms with van der Waals surface area (Å²) in [5.41, 5.74) is 0.639. The summed E-state index contributed by atoms with van der Waals surface area (Å²) in [6.07, 6.45) is 0. The van der Waals surface area contributed by atoms with Crippen molar-refractivity contribution in [3.8, 4) is 11.5 Å². The summed E-state index contributed by atoms with van der Waals surface area (Å²) in [5, 5.41) is 2.65. The number of benzene rings is 2. The van der Waals surface area contributed by atoms with Gasteiger partial charge in [0, 0.05) is 7.05 Å². The fourth-order valence-electron chi connectivity index (χ4n) is 2.42. The van der Waals surface area contributed by atoms with Gasteiger partial charge in [-0.2, -0.15) is 4.31 Å². The lowest BCUT2D eigenvalue weighted by Gasteiger charge is -2.18. The second kappa shape index (κ2) is 8.83. The van der Waals surface area contributed by atoms with Gasteiger partial charge in [-0.15, -0.1) is 0 Å². The third kappa shape index (κ3) is 4.95. The molecule has 0 heterocycles. The lowest BCUT2D eigenvalue weighted by molar-refractivity contribution is -0.121. The molecule has 1 amide bonds. The highest BCUT2D eigenvalue weighted by Gasteiger charge is 2.23. The van der Waals surface area contributed by atoms with Gasteiger partial charge in [-0.25, -0.2) is 12.8 Å². The Morgan fingerprint density at radius 1 is 1.07 bits per heavy atom. The molecule has 27 heavy (non-hydrogen) atoms. The number of likely N-dealkylation sites (N-methyl/N-ethyl adjacent to an activating group) is 1. The van der Waals surface area contributed by atoms with Crippen molar-refractivity contribution in [2.45, 2.75) is 11.4 Å². The number of hydrogen-bond acceptors (Lipinski definition) is 5. The molecule has 0 aliphatic rings. The van der Waals surface area contributed by atoms with Crippen LogP contribution in [0.2, 0.25) is 0 Å². The average Bonchev–Trinajstić information content (AvgIpc) is 2.66. The lowest BCUT2D eigenvalue weighted by atomic mass is 10.1. The Hall–Kier alpha value is -2.65. The Morgan fingerprint density at radius 2 is 1.63 bits per heavy atom. The lowest BCUT2D eigenvalue weighted by Crippen LogP contribution is -2.38. The summed E-state index contributed by atoms with van der Waals surface area (Å²) < 4.78 is 49.3. The Morgan fingerprint density at radius 3 is 2.15 bits per heavy atom. The van der Waals surface area contributed by atoms with Crippen LogP contribution in [-0.2, 0) is 21.4 Å². The van der Waals surface area contributed by atoms with E-state index in [9.17, 15) is 17.6 Å². The highest BCUT2D eigenvalue weighted by molar-refractivity contribution is 7.89. The Kier molecular flexibility index (Phi) is 6.75. The van der Waals surface area contributed by atoms with Gasteiger partial charge in [-0.1, -0.05) is 6.07 Å². The molecular weight excluding hydrogens is 375 g/mol. The van der Waals surface area contributed by atoms with Crippen LogP contribution in [0.25, 0.3) is 0 Å². The maximum atomic E-state index is 13.0. The molecule has 0 aliphatic heterocycles. The van der Waals surface area contributed by atoms with Gasteiger partial charge in [-0.3, -0.25) is 4.79 Å². The van der Waals surface area contributed by atoms with Gasteiger partial charge in [0.2, 0.25) is 15.9 Å². The van der Waals surface area contributed by atoms with Crippen molar-refractivity contribution in [2.75, 3.05) is 27.8 Å². The number of amides is 1. The van der Waals surface area contributed by atoms with Gasteiger partial charge in [0.05, 0.1) is 37.8 Å². The molecule has 0 saturated heterocycles. The van der Waals surface area contributed by atoms with Crippen molar-refractivity contribution in [1.29, 1.82) is 0 Å². The van der Waals surface area contributed by atoms with E-state index in [1.807, 2.05) is 0 Å². The van der Waals surface area contributed by atoms with Crippen LogP contribution in [-0.4, -0.2) is 46.4 Å². The van der Waals surface area contributed by atoms with Crippen LogP contribution in [0.15, 0.2) is 47.4 Å². The fraction of sp³-hybridized carbons (Fsp3) is 0.278. The molecule has 0 atom stereocenters. The van der Waals surface area contributed by atoms with Crippen LogP contribution in [0, 0.1) is 5.82 Å². The largest absolute Gasteiger partial charge is 0.496 e. The quantitative estimate of drug-likeness (QED) is 0.735. The van der Waals surface area contributed by atoms with Gasteiger partial charge in [0.25, 0.3) is 0 Å². The van der Waals surface area contributed by atoms with E-state index >= 15 is 0 Å². The summed E-state index contributed by atoms with van der Waals surface area (Å²) >= 11 is 0. The average molecular weight is 396 g/mol. The Bertz CT molecular complexity index is 878. The highest BCUT2D eigenvalue weighted by Crippen LogP contribution is 2.27. The number of halogens is 1. The number of nitrogens with zero attached hydrogens (tertiary/aromatic N) is 1. The second-order valence-corrected chi connectivity index (χ2v) is 7.68. The van der Waals surface area contributed by atoms with Crippen LogP contribution in [0.4, 0.5) is 4.39 Å². The normalized spacial score (nSPS) is 11.3. The zero-order valence-corrected chi connectivity index (χ0v) is 16.0. The summed E-state index contributed by atoms with van der Waals surface area (Å²) in [4.78, 5) is 12.1. The summed E-state index contributed by atoms with van der Waals surface area (Å²) in [6.45, 7) is -0.284. The molecule has 2 aromatic carbocycles. The summed E-state index contributed by atoms with van der Waals surface area (Å²) in [5.74, 6) is 0.0418. The topological polar surface area (TPSA) is 84.9 Å². The molecule has 0 fully saturated rings. The van der Waals surface area contributed by atoms with Crippen LogP contribution < -0.4 is 14.8 Å². The number of methoxy groups -OCH3 is 2. The van der Waals surface area contributed by atoms with E-state index in [2.05, 4.69) is 5.32 Å². The minimum atomic E-state index is -3.90. The van der Waals surface area contributed by atoms with Gasteiger partial charge < -0.3 is 14.8 Å². The van der Waals surface area contributed by atoms with Gasteiger partial charge >= 0.3 is 0 Å². The van der Waals surface area contributed by atoms with Crippen LogP contribution in [0.5, 0.6) is 11.5 Å². The van der Waals surface area contributed by atoms with E-state index in [1.165, 1.54) is 21.3 Å². The van der Waals surface area contributed by atoms with E-state index in [4.69, 9.17) is 9.47 Å². The van der Waals surface area contributed by atoms with Crippen molar-refractivity contribution < 1.29 is 27.1 Å².